The van der Waals surface area contributed by atoms with Gasteiger partial charge in [-0.25, -0.2) is 4.79 Å². The number of nitriles is 1. The summed E-state index contributed by atoms with van der Waals surface area (Å²) in [5.41, 5.74) is 2.41. The number of carbonyl (C=O) groups is 1. The molecule has 0 unspecified atom stereocenters. The summed E-state index contributed by atoms with van der Waals surface area (Å²) >= 11 is 6.18. The maximum Gasteiger partial charge on any atom is 0.337 e. The smallest absolute Gasteiger partial charge is 0.337 e. The molecule has 0 fully saturated rings. The number of halogens is 1. The first-order chi connectivity index (χ1) is 9.08. The first-order valence-corrected chi connectivity index (χ1v) is 5.90. The number of carbonyl (C=O) groups excluding carboxylic acids is 1. The van der Waals surface area contributed by atoms with Crippen LogP contribution in [0, 0.1) is 11.3 Å². The van der Waals surface area contributed by atoms with Gasteiger partial charge in [-0.1, -0.05) is 23.7 Å². The topological polar surface area (TPSA) is 55.0 Å². The molecule has 0 spiro atoms. The largest absolute Gasteiger partial charge is 0.465 e. The minimum absolute atomic E-state index is 0.397. The monoisotopic (exact) mass is 274 g/mol. The summed E-state index contributed by atoms with van der Waals surface area (Å²) in [4.78, 5) is 11.4. The number of methoxy groups -OCH3 is 1. The van der Waals surface area contributed by atoms with Gasteiger partial charge in [-0.3, -0.25) is 0 Å². The van der Waals surface area contributed by atoms with Crippen molar-refractivity contribution in [3.8, 4) is 17.2 Å². The van der Waals surface area contributed by atoms with E-state index in [-0.39, 0.29) is 0 Å². The highest BCUT2D eigenvalue weighted by atomic mass is 35.5. The van der Waals surface area contributed by atoms with Gasteiger partial charge in [0, 0.05) is 18.8 Å². The number of hydrogen-bond acceptors (Lipinski definition) is 3. The zero-order valence-corrected chi connectivity index (χ0v) is 11.2. The van der Waals surface area contributed by atoms with Gasteiger partial charge in [0.2, 0.25) is 0 Å². The van der Waals surface area contributed by atoms with Crippen LogP contribution in [0.3, 0.4) is 0 Å². The minimum atomic E-state index is -0.397. The molecule has 0 aliphatic heterocycles. The fourth-order valence-corrected chi connectivity index (χ4v) is 2.11. The van der Waals surface area contributed by atoms with Crippen LogP contribution in [-0.2, 0) is 11.8 Å². The molecule has 4 nitrogen and oxygen atoms in total. The maximum atomic E-state index is 11.4. The van der Waals surface area contributed by atoms with Crippen molar-refractivity contribution in [3.05, 3.63) is 46.7 Å². The van der Waals surface area contributed by atoms with Crippen LogP contribution in [0.5, 0.6) is 0 Å². The van der Waals surface area contributed by atoms with Crippen molar-refractivity contribution in [2.75, 3.05) is 7.11 Å². The van der Waals surface area contributed by atoms with Crippen molar-refractivity contribution in [2.24, 2.45) is 7.05 Å². The maximum absolute atomic E-state index is 11.4. The van der Waals surface area contributed by atoms with E-state index in [2.05, 4.69) is 10.8 Å². The lowest BCUT2D eigenvalue weighted by atomic mass is 10.0. The third kappa shape index (κ3) is 2.33. The Balaban J connectivity index is 2.49. The van der Waals surface area contributed by atoms with Crippen LogP contribution in [0.15, 0.2) is 30.5 Å². The lowest BCUT2D eigenvalue weighted by molar-refractivity contribution is 0.0601. The molecule has 0 N–H and O–H groups in total. The van der Waals surface area contributed by atoms with E-state index in [1.54, 1.807) is 42.1 Å². The summed E-state index contributed by atoms with van der Waals surface area (Å²) in [7, 11) is 3.10. The van der Waals surface area contributed by atoms with Gasteiger partial charge in [-0.2, -0.15) is 5.26 Å². The van der Waals surface area contributed by atoms with Crippen molar-refractivity contribution >= 4 is 17.6 Å². The Morgan fingerprint density at radius 2 is 2.00 bits per heavy atom. The molecule has 1 aromatic carbocycles. The van der Waals surface area contributed by atoms with Gasteiger partial charge in [-0.15, -0.1) is 0 Å². The predicted molar refractivity (Wildman–Crippen MR) is 71.9 cm³/mol. The highest BCUT2D eigenvalue weighted by Crippen LogP contribution is 2.32. The second-order valence-electron chi connectivity index (χ2n) is 4.00. The van der Waals surface area contributed by atoms with Crippen molar-refractivity contribution in [3.63, 3.8) is 0 Å². The molecule has 0 saturated carbocycles. The first kappa shape index (κ1) is 13.2. The number of ether oxygens (including phenoxy) is 1. The summed E-state index contributed by atoms with van der Waals surface area (Å²) in [5.74, 6) is -0.397. The molecule has 0 aliphatic rings. The van der Waals surface area contributed by atoms with Gasteiger partial charge in [0.1, 0.15) is 11.2 Å². The lowest BCUT2D eigenvalue weighted by Gasteiger charge is -2.03. The number of hydrogen-bond donors (Lipinski definition) is 0. The zero-order chi connectivity index (χ0) is 14.0. The average molecular weight is 275 g/mol. The Morgan fingerprint density at radius 1 is 1.37 bits per heavy atom. The molecule has 5 heteroatoms. The van der Waals surface area contributed by atoms with Crippen molar-refractivity contribution in [2.45, 2.75) is 0 Å². The molecule has 0 radical (unpaired) electrons. The Morgan fingerprint density at radius 3 is 2.53 bits per heavy atom. The minimum Gasteiger partial charge on any atom is -0.465 e. The molecular weight excluding hydrogens is 264 g/mol. The number of nitrogens with zero attached hydrogens (tertiary/aromatic N) is 2. The second-order valence-corrected chi connectivity index (χ2v) is 4.36. The standard InChI is InChI=1S/C14H11ClN2O2/c1-17-8-11(7-16)12(13(17)15)9-3-5-10(6-4-9)14(18)19-2/h3-6,8H,1-2H3. The van der Waals surface area contributed by atoms with Gasteiger partial charge in [0.25, 0.3) is 0 Å². The van der Waals surface area contributed by atoms with Gasteiger partial charge in [0.05, 0.1) is 18.2 Å². The lowest BCUT2D eigenvalue weighted by Crippen LogP contribution is -2.00. The number of aryl methyl sites for hydroxylation is 1. The summed E-state index contributed by atoms with van der Waals surface area (Å²) < 4.78 is 6.32. The van der Waals surface area contributed by atoms with Crippen molar-refractivity contribution in [1.29, 1.82) is 5.26 Å². The molecular formula is C14H11ClN2O2. The van der Waals surface area contributed by atoms with E-state index in [9.17, 15) is 4.79 Å². The van der Waals surface area contributed by atoms with Crippen molar-refractivity contribution in [1.82, 2.24) is 4.57 Å². The average Bonchev–Trinajstić information content (AvgIpc) is 2.73. The van der Waals surface area contributed by atoms with Crippen LogP contribution in [-0.4, -0.2) is 17.6 Å². The van der Waals surface area contributed by atoms with E-state index in [0.717, 1.165) is 5.56 Å². The quantitative estimate of drug-likeness (QED) is 0.791. The molecule has 0 atom stereocenters. The first-order valence-electron chi connectivity index (χ1n) is 5.52. The van der Waals surface area contributed by atoms with E-state index >= 15 is 0 Å². The van der Waals surface area contributed by atoms with E-state index in [4.69, 9.17) is 16.9 Å². The molecule has 1 aromatic heterocycles. The van der Waals surface area contributed by atoms with Gasteiger partial charge < -0.3 is 9.30 Å². The zero-order valence-electron chi connectivity index (χ0n) is 10.5. The SMILES string of the molecule is COC(=O)c1ccc(-c2c(C#N)cn(C)c2Cl)cc1. The van der Waals surface area contributed by atoms with E-state index in [1.807, 2.05) is 0 Å². The van der Waals surface area contributed by atoms with Crippen LogP contribution in [0.4, 0.5) is 0 Å². The molecule has 19 heavy (non-hydrogen) atoms. The van der Waals surface area contributed by atoms with Crippen LogP contribution in [0.2, 0.25) is 5.15 Å². The molecule has 0 bridgehead atoms. The molecule has 0 aliphatic carbocycles. The summed E-state index contributed by atoms with van der Waals surface area (Å²) in [6.45, 7) is 0. The fourth-order valence-electron chi connectivity index (χ4n) is 1.85. The molecule has 2 aromatic rings. The second kappa shape index (κ2) is 5.17. The summed E-state index contributed by atoms with van der Waals surface area (Å²) in [5, 5.41) is 9.59. The number of rotatable bonds is 2. The van der Waals surface area contributed by atoms with Gasteiger partial charge in [0.15, 0.2) is 0 Å². The Bertz CT molecular complexity index is 666. The third-order valence-corrected chi connectivity index (χ3v) is 3.28. The Hall–Kier alpha value is -2.25. The Labute approximate surface area is 115 Å². The molecule has 0 amide bonds. The number of benzene rings is 1. The summed E-state index contributed by atoms with van der Waals surface area (Å²) in [6.07, 6.45) is 1.67. The van der Waals surface area contributed by atoms with Gasteiger partial charge >= 0.3 is 5.97 Å². The number of aromatic nitrogens is 1. The van der Waals surface area contributed by atoms with Crippen LogP contribution < -0.4 is 0 Å². The van der Waals surface area contributed by atoms with Crippen LogP contribution in [0.1, 0.15) is 15.9 Å². The normalized spacial score (nSPS) is 10.0. The highest BCUT2D eigenvalue weighted by Gasteiger charge is 2.15. The van der Waals surface area contributed by atoms with E-state index in [0.29, 0.717) is 21.8 Å². The predicted octanol–water partition coefficient (Wildman–Crippen LogP) is 3.00. The molecule has 0 saturated heterocycles. The van der Waals surface area contributed by atoms with Gasteiger partial charge in [-0.05, 0) is 17.7 Å². The molecule has 96 valence electrons. The Kier molecular flexibility index (Phi) is 3.59. The summed E-state index contributed by atoms with van der Waals surface area (Å²) in [6, 6.07) is 8.89. The molecule has 2 rings (SSSR count). The molecule has 1 heterocycles. The highest BCUT2D eigenvalue weighted by molar-refractivity contribution is 6.32. The van der Waals surface area contributed by atoms with Crippen LogP contribution in [0.25, 0.3) is 11.1 Å². The van der Waals surface area contributed by atoms with Crippen molar-refractivity contribution < 1.29 is 9.53 Å². The number of esters is 1. The third-order valence-electron chi connectivity index (χ3n) is 2.82. The van der Waals surface area contributed by atoms with Crippen LogP contribution >= 0.6 is 11.6 Å². The fraction of sp³-hybridized carbons (Fsp3) is 0.143. The van der Waals surface area contributed by atoms with E-state index in [1.165, 1.54) is 7.11 Å². The van der Waals surface area contributed by atoms with E-state index < -0.39 is 5.97 Å².